The molecular weight excluding hydrogens is 378 g/mol. The van der Waals surface area contributed by atoms with E-state index >= 15 is 0 Å². The highest BCUT2D eigenvalue weighted by Crippen LogP contribution is 2.29. The summed E-state index contributed by atoms with van der Waals surface area (Å²) in [4.78, 5) is 37.6. The van der Waals surface area contributed by atoms with E-state index in [1.165, 1.54) is 12.4 Å². The fourth-order valence-corrected chi connectivity index (χ4v) is 3.42. The maximum atomic E-state index is 13.5. The number of carbonyl (C=O) groups is 2. The number of aromatic nitrogens is 3. The van der Waals surface area contributed by atoms with Gasteiger partial charge in [0.25, 0.3) is 0 Å². The van der Waals surface area contributed by atoms with E-state index in [1.54, 1.807) is 37.4 Å². The minimum atomic E-state index is -1.09. The van der Waals surface area contributed by atoms with E-state index in [4.69, 9.17) is 4.74 Å². The number of aromatic amines is 1. The Balaban J connectivity index is 1.72. The Bertz CT molecular complexity index is 1200. The number of H-pyrrole nitrogens is 1. The van der Waals surface area contributed by atoms with Crippen LogP contribution in [0.4, 0.5) is 0 Å². The number of para-hydroxylation sites is 1. The van der Waals surface area contributed by atoms with Gasteiger partial charge in [0.05, 0.1) is 11.9 Å². The van der Waals surface area contributed by atoms with Crippen LogP contribution in [0.3, 0.4) is 0 Å². The lowest BCUT2D eigenvalue weighted by atomic mass is 9.98. The zero-order chi connectivity index (χ0) is 21.1. The van der Waals surface area contributed by atoms with Crippen molar-refractivity contribution in [2.45, 2.75) is 26.4 Å². The third-order valence-electron chi connectivity index (χ3n) is 5.00. The van der Waals surface area contributed by atoms with Crippen LogP contribution >= 0.6 is 0 Å². The minimum Gasteiger partial charge on any atom is -0.444 e. The molecule has 6 heteroatoms. The van der Waals surface area contributed by atoms with Gasteiger partial charge in [-0.15, -0.1) is 0 Å². The van der Waals surface area contributed by atoms with Crippen LogP contribution in [-0.4, -0.2) is 26.7 Å². The second kappa shape index (κ2) is 8.29. The standard InChI is InChI=1S/C24H21N3O3/c1-3-16-10-7-11-18-19(13-27-21(16)18)22(28)23(17-8-5-4-6-9-17)30-24(29)20-14-25-15(2)12-26-20/h4-14,23,27H,3H2,1-2H3/t23-/m0/s1. The summed E-state index contributed by atoms with van der Waals surface area (Å²) in [5, 5.41) is 0.812. The smallest absolute Gasteiger partial charge is 0.359 e. The molecule has 0 bridgehead atoms. The highest BCUT2D eigenvalue weighted by atomic mass is 16.5. The van der Waals surface area contributed by atoms with Gasteiger partial charge in [0.2, 0.25) is 5.78 Å². The number of ketones is 1. The molecule has 2 aromatic heterocycles. The molecule has 0 fully saturated rings. The maximum absolute atomic E-state index is 13.5. The molecule has 0 aliphatic heterocycles. The van der Waals surface area contributed by atoms with E-state index in [1.807, 2.05) is 24.3 Å². The average molecular weight is 399 g/mol. The Morgan fingerprint density at radius 3 is 2.53 bits per heavy atom. The third-order valence-corrected chi connectivity index (χ3v) is 5.00. The average Bonchev–Trinajstić information content (AvgIpc) is 3.22. The summed E-state index contributed by atoms with van der Waals surface area (Å²) in [6.07, 6.45) is 4.27. The monoisotopic (exact) mass is 399 g/mol. The van der Waals surface area contributed by atoms with E-state index in [2.05, 4.69) is 21.9 Å². The number of benzene rings is 2. The van der Waals surface area contributed by atoms with E-state index in [9.17, 15) is 9.59 Å². The summed E-state index contributed by atoms with van der Waals surface area (Å²) in [6, 6.07) is 14.8. The number of Topliss-reactive ketones (excluding diaryl/α,β-unsaturated/α-hetero) is 1. The first-order chi connectivity index (χ1) is 14.6. The molecule has 6 nitrogen and oxygen atoms in total. The van der Waals surface area contributed by atoms with Crippen LogP contribution in [0, 0.1) is 6.92 Å². The lowest BCUT2D eigenvalue weighted by Gasteiger charge is -2.17. The molecule has 1 N–H and O–H groups in total. The summed E-state index contributed by atoms with van der Waals surface area (Å²) in [5.41, 5.74) is 3.86. The summed E-state index contributed by atoms with van der Waals surface area (Å²) in [7, 11) is 0. The molecule has 4 rings (SSSR count). The van der Waals surface area contributed by atoms with Crippen molar-refractivity contribution in [3.8, 4) is 0 Å². The minimum absolute atomic E-state index is 0.0570. The van der Waals surface area contributed by atoms with Gasteiger partial charge in [-0.2, -0.15) is 0 Å². The number of ether oxygens (including phenoxy) is 1. The maximum Gasteiger partial charge on any atom is 0.359 e. The molecule has 0 saturated heterocycles. The summed E-state index contributed by atoms with van der Waals surface area (Å²) >= 11 is 0. The molecule has 0 unspecified atom stereocenters. The number of esters is 1. The fraction of sp³-hybridized carbons (Fsp3) is 0.167. The van der Waals surface area contributed by atoms with Crippen LogP contribution in [0.5, 0.6) is 0 Å². The molecule has 0 amide bonds. The number of carbonyl (C=O) groups excluding carboxylic acids is 2. The second-order valence-corrected chi connectivity index (χ2v) is 7.00. The molecule has 0 aliphatic carbocycles. The quantitative estimate of drug-likeness (QED) is 0.378. The van der Waals surface area contributed by atoms with E-state index in [-0.39, 0.29) is 11.5 Å². The predicted octanol–water partition coefficient (Wildman–Crippen LogP) is 4.61. The molecule has 2 heterocycles. The summed E-state index contributed by atoms with van der Waals surface area (Å²) in [6.45, 7) is 3.84. The molecule has 0 aliphatic rings. The summed E-state index contributed by atoms with van der Waals surface area (Å²) < 4.78 is 5.65. The van der Waals surface area contributed by atoms with Gasteiger partial charge in [0, 0.05) is 34.4 Å². The first kappa shape index (κ1) is 19.5. The summed E-state index contributed by atoms with van der Waals surface area (Å²) in [5.74, 6) is -0.993. The molecule has 2 aromatic carbocycles. The van der Waals surface area contributed by atoms with Gasteiger partial charge in [-0.1, -0.05) is 55.5 Å². The van der Waals surface area contributed by atoms with Crippen LogP contribution in [0.1, 0.15) is 50.7 Å². The van der Waals surface area contributed by atoms with Crippen molar-refractivity contribution in [3.05, 3.63) is 95.2 Å². The number of nitrogens with one attached hydrogen (secondary N) is 1. The molecule has 150 valence electrons. The second-order valence-electron chi connectivity index (χ2n) is 7.00. The highest BCUT2D eigenvalue weighted by Gasteiger charge is 2.29. The van der Waals surface area contributed by atoms with Gasteiger partial charge in [-0.25, -0.2) is 9.78 Å². The zero-order valence-electron chi connectivity index (χ0n) is 16.8. The number of aryl methyl sites for hydroxylation is 2. The van der Waals surface area contributed by atoms with Crippen molar-refractivity contribution in [2.75, 3.05) is 0 Å². The molecule has 30 heavy (non-hydrogen) atoms. The molecule has 4 aromatic rings. The van der Waals surface area contributed by atoms with Gasteiger partial charge in [0.1, 0.15) is 0 Å². The van der Waals surface area contributed by atoms with Crippen LogP contribution in [0.25, 0.3) is 10.9 Å². The van der Waals surface area contributed by atoms with Gasteiger partial charge < -0.3 is 9.72 Å². The Morgan fingerprint density at radius 1 is 1.03 bits per heavy atom. The predicted molar refractivity (Wildman–Crippen MR) is 113 cm³/mol. The highest BCUT2D eigenvalue weighted by molar-refractivity contribution is 6.11. The van der Waals surface area contributed by atoms with E-state index < -0.39 is 12.1 Å². The van der Waals surface area contributed by atoms with Crippen molar-refractivity contribution in [2.24, 2.45) is 0 Å². The van der Waals surface area contributed by atoms with Gasteiger partial charge >= 0.3 is 5.97 Å². The molecule has 0 radical (unpaired) electrons. The lowest BCUT2D eigenvalue weighted by Crippen LogP contribution is -2.21. The Hall–Kier alpha value is -3.80. The lowest BCUT2D eigenvalue weighted by molar-refractivity contribution is 0.0274. The van der Waals surface area contributed by atoms with Crippen LogP contribution in [0.15, 0.2) is 67.1 Å². The first-order valence-corrected chi connectivity index (χ1v) is 9.76. The van der Waals surface area contributed by atoms with Crippen molar-refractivity contribution in [1.82, 2.24) is 15.0 Å². The van der Waals surface area contributed by atoms with Crippen LogP contribution in [-0.2, 0) is 11.2 Å². The molecule has 1 atom stereocenters. The SMILES string of the molecule is CCc1cccc2c(C(=O)[C@@H](OC(=O)c3cnc(C)cn3)c3ccccc3)c[nH]c12. The largest absolute Gasteiger partial charge is 0.444 e. The molecule has 0 spiro atoms. The third kappa shape index (κ3) is 3.72. The zero-order valence-corrected chi connectivity index (χ0v) is 16.8. The van der Waals surface area contributed by atoms with Crippen LogP contribution in [0.2, 0.25) is 0 Å². The number of nitrogens with zero attached hydrogens (tertiary/aromatic N) is 2. The molecular formula is C24H21N3O3. The van der Waals surface area contributed by atoms with Crippen molar-refractivity contribution in [3.63, 3.8) is 0 Å². The van der Waals surface area contributed by atoms with Crippen molar-refractivity contribution >= 4 is 22.7 Å². The first-order valence-electron chi connectivity index (χ1n) is 9.76. The van der Waals surface area contributed by atoms with E-state index in [0.29, 0.717) is 16.8 Å². The number of fused-ring (bicyclic) bond motifs is 1. The Kier molecular flexibility index (Phi) is 5.39. The van der Waals surface area contributed by atoms with Gasteiger partial charge in [-0.05, 0) is 18.9 Å². The molecule has 0 saturated carbocycles. The number of hydrogen-bond donors (Lipinski definition) is 1. The van der Waals surface area contributed by atoms with Crippen molar-refractivity contribution in [1.29, 1.82) is 0 Å². The van der Waals surface area contributed by atoms with Crippen molar-refractivity contribution < 1.29 is 14.3 Å². The number of hydrogen-bond acceptors (Lipinski definition) is 5. The fourth-order valence-electron chi connectivity index (χ4n) is 3.42. The Morgan fingerprint density at radius 2 is 1.83 bits per heavy atom. The van der Waals surface area contributed by atoms with Gasteiger partial charge in [0.15, 0.2) is 11.8 Å². The van der Waals surface area contributed by atoms with Gasteiger partial charge in [-0.3, -0.25) is 9.78 Å². The Labute approximate surface area is 174 Å². The normalized spacial score (nSPS) is 11.9. The van der Waals surface area contributed by atoms with E-state index in [0.717, 1.165) is 22.9 Å². The van der Waals surface area contributed by atoms with Crippen LogP contribution < -0.4 is 0 Å². The topological polar surface area (TPSA) is 84.9 Å². The number of rotatable bonds is 6.